The highest BCUT2D eigenvalue weighted by Gasteiger charge is 2.14. The van der Waals surface area contributed by atoms with Crippen LogP contribution in [0.2, 0.25) is 0 Å². The molecule has 3 aromatic heterocycles. The minimum Gasteiger partial charge on any atom is -0.309 e. The molecule has 0 saturated carbocycles. The van der Waals surface area contributed by atoms with Gasteiger partial charge in [-0.1, -0.05) is 78.9 Å². The highest BCUT2D eigenvalue weighted by molar-refractivity contribution is 7.26. The molecule has 0 aliphatic heterocycles. The fourth-order valence-corrected chi connectivity index (χ4v) is 8.46. The van der Waals surface area contributed by atoms with Gasteiger partial charge in [0.25, 0.3) is 0 Å². The molecule has 0 aliphatic rings. The Labute approximate surface area is 232 Å². The summed E-state index contributed by atoms with van der Waals surface area (Å²) in [4.78, 5) is 0. The van der Waals surface area contributed by atoms with E-state index in [2.05, 4.69) is 132 Å². The zero-order chi connectivity index (χ0) is 25.5. The number of hydrogen-bond donors (Lipinski definition) is 0. The van der Waals surface area contributed by atoms with Crippen LogP contribution in [0.1, 0.15) is 0 Å². The van der Waals surface area contributed by atoms with E-state index >= 15 is 0 Å². The molecule has 6 aromatic carbocycles. The van der Waals surface area contributed by atoms with Gasteiger partial charge in [0.1, 0.15) is 0 Å². The van der Waals surface area contributed by atoms with E-state index in [4.69, 9.17) is 0 Å². The molecule has 1 nitrogen and oxygen atoms in total. The lowest BCUT2D eigenvalue weighted by Crippen LogP contribution is -1.93. The van der Waals surface area contributed by atoms with Crippen LogP contribution in [0.5, 0.6) is 0 Å². The minimum absolute atomic E-state index is 1.21. The van der Waals surface area contributed by atoms with Crippen LogP contribution in [-0.2, 0) is 0 Å². The topological polar surface area (TPSA) is 4.93 Å². The molecule has 182 valence electrons. The van der Waals surface area contributed by atoms with Gasteiger partial charge < -0.3 is 4.57 Å². The van der Waals surface area contributed by atoms with Crippen molar-refractivity contribution < 1.29 is 0 Å². The Hall–Kier alpha value is -4.44. The molecule has 0 bridgehead atoms. The van der Waals surface area contributed by atoms with E-state index in [0.29, 0.717) is 0 Å². The monoisotopic (exact) mass is 531 g/mol. The highest BCUT2D eigenvalue weighted by Crippen LogP contribution is 2.41. The van der Waals surface area contributed by atoms with Gasteiger partial charge in [0.15, 0.2) is 0 Å². The van der Waals surface area contributed by atoms with E-state index in [0.717, 1.165) is 0 Å². The number of nitrogens with zero attached hydrogens (tertiary/aromatic N) is 1. The molecule has 0 unspecified atom stereocenters. The third-order valence-corrected chi connectivity index (χ3v) is 10.3. The van der Waals surface area contributed by atoms with Crippen LogP contribution in [0.15, 0.2) is 127 Å². The van der Waals surface area contributed by atoms with Crippen molar-refractivity contribution in [1.82, 2.24) is 4.57 Å². The minimum atomic E-state index is 1.21. The van der Waals surface area contributed by atoms with Gasteiger partial charge in [-0.2, -0.15) is 0 Å². The van der Waals surface area contributed by atoms with Crippen molar-refractivity contribution in [3.8, 4) is 16.8 Å². The number of para-hydroxylation sites is 2. The van der Waals surface area contributed by atoms with Gasteiger partial charge in [-0.25, -0.2) is 0 Å². The van der Waals surface area contributed by atoms with Gasteiger partial charge in [0, 0.05) is 56.8 Å². The number of aromatic nitrogens is 1. The summed E-state index contributed by atoms with van der Waals surface area (Å²) in [6.07, 6.45) is 0. The second kappa shape index (κ2) is 8.03. The van der Waals surface area contributed by atoms with Crippen molar-refractivity contribution in [3.63, 3.8) is 0 Å². The van der Waals surface area contributed by atoms with Crippen molar-refractivity contribution in [3.05, 3.63) is 127 Å². The summed E-state index contributed by atoms with van der Waals surface area (Å²) in [5.41, 5.74) is 6.25. The van der Waals surface area contributed by atoms with Crippen molar-refractivity contribution >= 4 is 84.8 Å². The number of thiophene rings is 2. The molecule has 9 aromatic rings. The van der Waals surface area contributed by atoms with Gasteiger partial charge >= 0.3 is 0 Å². The number of rotatable bonds is 2. The number of hydrogen-bond acceptors (Lipinski definition) is 2. The molecule has 0 spiro atoms. The van der Waals surface area contributed by atoms with E-state index in [-0.39, 0.29) is 0 Å². The standard InChI is InChI=1S/C36H21NS2/c1-4-10-31-25(7-1)26-8-2-5-11-32(26)37(31)24-15-18-34-30(21-24)29-17-14-23(20-36(29)39-34)22-13-16-28-27-9-3-6-12-33(27)38-35(28)19-22/h1-21H. The van der Waals surface area contributed by atoms with Gasteiger partial charge in [-0.05, 0) is 59.7 Å². The lowest BCUT2D eigenvalue weighted by atomic mass is 10.0. The van der Waals surface area contributed by atoms with Crippen LogP contribution < -0.4 is 0 Å². The van der Waals surface area contributed by atoms with Crippen LogP contribution in [0.3, 0.4) is 0 Å². The summed E-state index contributed by atoms with van der Waals surface area (Å²) >= 11 is 3.76. The SMILES string of the molecule is c1ccc2c(c1)sc1cc(-c3ccc4c(c3)sc3ccc(-n5c6ccccc6c6ccccc65)cc34)ccc12. The Morgan fingerprint density at radius 3 is 1.54 bits per heavy atom. The third kappa shape index (κ3) is 3.12. The van der Waals surface area contributed by atoms with Crippen LogP contribution >= 0.6 is 22.7 Å². The number of benzene rings is 6. The molecule has 0 fully saturated rings. The average molecular weight is 532 g/mol. The van der Waals surface area contributed by atoms with E-state index in [1.807, 2.05) is 22.7 Å². The maximum absolute atomic E-state index is 2.40. The summed E-state index contributed by atoms with van der Waals surface area (Å²) in [7, 11) is 0. The maximum atomic E-state index is 2.40. The first-order chi connectivity index (χ1) is 19.3. The van der Waals surface area contributed by atoms with Crippen LogP contribution in [0.25, 0.3) is 79.0 Å². The second-order valence-electron chi connectivity index (χ2n) is 10.2. The summed E-state index contributed by atoms with van der Waals surface area (Å²) in [5, 5.41) is 7.93. The Kier molecular flexibility index (Phi) is 4.43. The summed E-state index contributed by atoms with van der Waals surface area (Å²) in [5.74, 6) is 0. The second-order valence-corrected chi connectivity index (χ2v) is 12.3. The van der Waals surface area contributed by atoms with E-state index in [9.17, 15) is 0 Å². The molecule has 0 aliphatic carbocycles. The zero-order valence-corrected chi connectivity index (χ0v) is 22.5. The first-order valence-corrected chi connectivity index (χ1v) is 14.8. The predicted octanol–water partition coefficient (Wildman–Crippen LogP) is 11.2. The van der Waals surface area contributed by atoms with Gasteiger partial charge in [0.05, 0.1) is 11.0 Å². The lowest BCUT2D eigenvalue weighted by molar-refractivity contribution is 1.19. The highest BCUT2D eigenvalue weighted by atomic mass is 32.1. The van der Waals surface area contributed by atoms with Crippen molar-refractivity contribution in [2.24, 2.45) is 0 Å². The summed E-state index contributed by atoms with van der Waals surface area (Å²) < 4.78 is 7.76. The first-order valence-electron chi connectivity index (χ1n) is 13.2. The molecule has 0 saturated heterocycles. The van der Waals surface area contributed by atoms with Gasteiger partial charge in [0.2, 0.25) is 0 Å². The van der Waals surface area contributed by atoms with E-state index in [1.165, 1.54) is 79.0 Å². The predicted molar refractivity (Wildman–Crippen MR) is 172 cm³/mol. The average Bonchev–Trinajstić information content (AvgIpc) is 3.65. The molecule has 0 radical (unpaired) electrons. The van der Waals surface area contributed by atoms with Crippen LogP contribution in [0.4, 0.5) is 0 Å². The summed E-state index contributed by atoms with van der Waals surface area (Å²) in [6, 6.07) is 47.0. The largest absolute Gasteiger partial charge is 0.309 e. The van der Waals surface area contributed by atoms with Crippen LogP contribution in [-0.4, -0.2) is 4.57 Å². The van der Waals surface area contributed by atoms with Gasteiger partial charge in [-0.15, -0.1) is 22.7 Å². The molecular formula is C36H21NS2. The fraction of sp³-hybridized carbons (Fsp3) is 0. The molecule has 0 atom stereocenters. The molecule has 39 heavy (non-hydrogen) atoms. The Balaban J connectivity index is 1.21. The van der Waals surface area contributed by atoms with Crippen molar-refractivity contribution in [2.75, 3.05) is 0 Å². The van der Waals surface area contributed by atoms with E-state index < -0.39 is 0 Å². The molecule has 0 N–H and O–H groups in total. The molecular weight excluding hydrogens is 511 g/mol. The Morgan fingerprint density at radius 2 is 0.872 bits per heavy atom. The molecule has 3 heteroatoms. The molecule has 9 rings (SSSR count). The smallest absolute Gasteiger partial charge is 0.0541 e. The van der Waals surface area contributed by atoms with Crippen molar-refractivity contribution in [1.29, 1.82) is 0 Å². The lowest BCUT2D eigenvalue weighted by Gasteiger charge is -2.08. The molecule has 3 heterocycles. The normalized spacial score (nSPS) is 12.1. The fourth-order valence-electron chi connectivity index (χ4n) is 6.19. The summed E-state index contributed by atoms with van der Waals surface area (Å²) in [6.45, 7) is 0. The quantitative estimate of drug-likeness (QED) is 0.209. The Morgan fingerprint density at radius 1 is 0.359 bits per heavy atom. The van der Waals surface area contributed by atoms with Crippen molar-refractivity contribution in [2.45, 2.75) is 0 Å². The van der Waals surface area contributed by atoms with Gasteiger partial charge in [-0.3, -0.25) is 0 Å². The maximum Gasteiger partial charge on any atom is 0.0541 e. The first kappa shape index (κ1) is 21.5. The Bertz CT molecular complexity index is 2350. The molecule has 0 amide bonds. The van der Waals surface area contributed by atoms with E-state index in [1.54, 1.807) is 0 Å². The zero-order valence-electron chi connectivity index (χ0n) is 20.9. The number of fused-ring (bicyclic) bond motifs is 9. The third-order valence-electron chi connectivity index (χ3n) is 8.01. The van der Waals surface area contributed by atoms with Crippen LogP contribution in [0, 0.1) is 0 Å².